The van der Waals surface area contributed by atoms with Gasteiger partial charge in [0, 0.05) is 6.42 Å². The van der Waals surface area contributed by atoms with Crippen molar-refractivity contribution in [1.82, 2.24) is 0 Å². The Morgan fingerprint density at radius 3 is 2.54 bits per heavy atom. The molecular formula is C9H8Cl2OS. The summed E-state index contributed by atoms with van der Waals surface area (Å²) in [6, 6.07) is 5.38. The highest BCUT2D eigenvalue weighted by atomic mass is 35.5. The zero-order valence-electron chi connectivity index (χ0n) is 6.76. The van der Waals surface area contributed by atoms with Crippen LogP contribution in [0.5, 0.6) is 0 Å². The van der Waals surface area contributed by atoms with E-state index in [0.29, 0.717) is 22.9 Å². The molecule has 0 amide bonds. The first kappa shape index (κ1) is 10.8. The summed E-state index contributed by atoms with van der Waals surface area (Å²) in [7, 11) is 0. The van der Waals surface area contributed by atoms with Gasteiger partial charge in [-0.3, -0.25) is 0 Å². The van der Waals surface area contributed by atoms with Gasteiger partial charge in [0.1, 0.15) is 0 Å². The Morgan fingerprint density at radius 1 is 1.31 bits per heavy atom. The second kappa shape index (κ2) is 4.80. The first-order chi connectivity index (χ1) is 6.09. The predicted molar refractivity (Wildman–Crippen MR) is 60.0 cm³/mol. The van der Waals surface area contributed by atoms with E-state index in [1.165, 1.54) is 0 Å². The fourth-order valence-electron chi connectivity index (χ4n) is 0.946. The summed E-state index contributed by atoms with van der Waals surface area (Å²) in [5.74, 6) is 0. The van der Waals surface area contributed by atoms with E-state index < -0.39 is 0 Å². The molecule has 0 spiro atoms. The Balaban J connectivity index is 2.68. The van der Waals surface area contributed by atoms with Crippen LogP contribution in [0.15, 0.2) is 18.2 Å². The molecule has 0 saturated heterocycles. The maximum Gasteiger partial charge on any atom is 0.156 e. The molecule has 0 aliphatic rings. The second-order valence-electron chi connectivity index (χ2n) is 2.64. The first-order valence-corrected chi connectivity index (χ1v) is 4.92. The maximum absolute atomic E-state index is 8.81. The number of hydrogen-bond acceptors (Lipinski definition) is 1. The molecule has 0 unspecified atom stereocenters. The van der Waals surface area contributed by atoms with Crippen molar-refractivity contribution in [3.8, 4) is 0 Å². The number of aliphatic hydroxyl groups excluding tert-OH is 1. The summed E-state index contributed by atoms with van der Waals surface area (Å²) >= 11 is 16.1. The molecular weight excluding hydrogens is 227 g/mol. The van der Waals surface area contributed by atoms with Gasteiger partial charge in [0.25, 0.3) is 0 Å². The van der Waals surface area contributed by atoms with Gasteiger partial charge in [-0.1, -0.05) is 29.3 Å². The van der Waals surface area contributed by atoms with Gasteiger partial charge in [0.2, 0.25) is 0 Å². The average molecular weight is 235 g/mol. The van der Waals surface area contributed by atoms with Crippen LogP contribution in [-0.2, 0) is 6.42 Å². The van der Waals surface area contributed by atoms with E-state index in [4.69, 9.17) is 28.3 Å². The highest BCUT2D eigenvalue weighted by molar-refractivity contribution is 7.80. The minimum atomic E-state index is 0.0195. The SMILES string of the molecule is OC(=S)CCc1ccc(Cl)c(Cl)c1. The Morgan fingerprint density at radius 2 is 2.00 bits per heavy atom. The summed E-state index contributed by atoms with van der Waals surface area (Å²) in [6.45, 7) is 0. The monoisotopic (exact) mass is 234 g/mol. The highest BCUT2D eigenvalue weighted by Gasteiger charge is 2.00. The van der Waals surface area contributed by atoms with Crippen LogP contribution in [0.4, 0.5) is 0 Å². The van der Waals surface area contributed by atoms with Crippen LogP contribution >= 0.6 is 35.4 Å². The standard InChI is InChI=1S/C9H8Cl2OS/c10-7-3-1-6(5-8(7)11)2-4-9(12)13/h1,3,5H,2,4H2,(H,12,13). The van der Waals surface area contributed by atoms with Gasteiger partial charge in [0.05, 0.1) is 10.0 Å². The van der Waals surface area contributed by atoms with Gasteiger partial charge in [-0.15, -0.1) is 0 Å². The third kappa shape index (κ3) is 3.51. The van der Waals surface area contributed by atoms with E-state index in [1.54, 1.807) is 12.1 Å². The number of aliphatic hydroxyl groups is 1. The number of benzene rings is 1. The summed E-state index contributed by atoms with van der Waals surface area (Å²) in [5.41, 5.74) is 1.02. The molecule has 1 aromatic rings. The normalized spacial score (nSPS) is 10.0. The average Bonchev–Trinajstić information content (AvgIpc) is 2.07. The van der Waals surface area contributed by atoms with Crippen LogP contribution in [0.2, 0.25) is 10.0 Å². The fourth-order valence-corrected chi connectivity index (χ4v) is 1.37. The smallest absolute Gasteiger partial charge is 0.156 e. The number of thiocarbonyl (C=S) groups is 1. The molecule has 1 rings (SSSR count). The van der Waals surface area contributed by atoms with E-state index >= 15 is 0 Å². The molecule has 70 valence electrons. The second-order valence-corrected chi connectivity index (χ2v) is 3.93. The molecule has 4 heteroatoms. The van der Waals surface area contributed by atoms with Gasteiger partial charge in [-0.25, -0.2) is 0 Å². The Hall–Kier alpha value is -0.310. The van der Waals surface area contributed by atoms with Crippen LogP contribution in [0.1, 0.15) is 12.0 Å². The van der Waals surface area contributed by atoms with Crippen molar-refractivity contribution in [2.75, 3.05) is 0 Å². The number of rotatable bonds is 3. The van der Waals surface area contributed by atoms with Crippen LogP contribution in [0, 0.1) is 0 Å². The lowest BCUT2D eigenvalue weighted by atomic mass is 10.1. The molecule has 0 radical (unpaired) electrons. The van der Waals surface area contributed by atoms with Crippen molar-refractivity contribution in [3.05, 3.63) is 33.8 Å². The molecule has 1 nitrogen and oxygen atoms in total. The molecule has 0 atom stereocenters. The van der Waals surface area contributed by atoms with Gasteiger partial charge in [-0.2, -0.15) is 0 Å². The molecule has 0 aliphatic heterocycles. The summed E-state index contributed by atoms with van der Waals surface area (Å²) < 4.78 is 0. The molecule has 0 saturated carbocycles. The zero-order chi connectivity index (χ0) is 9.84. The summed E-state index contributed by atoms with van der Waals surface area (Å²) in [5, 5.41) is 9.90. The first-order valence-electron chi connectivity index (χ1n) is 3.75. The minimum Gasteiger partial charge on any atom is -0.502 e. The van der Waals surface area contributed by atoms with Crippen LogP contribution in [0.3, 0.4) is 0 Å². The van der Waals surface area contributed by atoms with Crippen molar-refractivity contribution < 1.29 is 5.11 Å². The van der Waals surface area contributed by atoms with Gasteiger partial charge >= 0.3 is 0 Å². The lowest BCUT2D eigenvalue weighted by Gasteiger charge is -2.01. The maximum atomic E-state index is 8.81. The van der Waals surface area contributed by atoms with E-state index in [0.717, 1.165) is 5.56 Å². The van der Waals surface area contributed by atoms with E-state index in [2.05, 4.69) is 12.2 Å². The molecule has 0 fully saturated rings. The molecule has 1 aromatic carbocycles. The summed E-state index contributed by atoms with van der Waals surface area (Å²) in [4.78, 5) is 0. The van der Waals surface area contributed by atoms with E-state index in [-0.39, 0.29) is 5.05 Å². The highest BCUT2D eigenvalue weighted by Crippen LogP contribution is 2.23. The largest absolute Gasteiger partial charge is 0.502 e. The van der Waals surface area contributed by atoms with Crippen molar-refractivity contribution in [2.24, 2.45) is 0 Å². The number of hydrogen-bond donors (Lipinski definition) is 1. The predicted octanol–water partition coefficient (Wildman–Crippen LogP) is 3.81. The Labute approximate surface area is 92.3 Å². The Bertz CT molecular complexity index is 325. The van der Waals surface area contributed by atoms with Crippen LogP contribution < -0.4 is 0 Å². The molecule has 0 aliphatic carbocycles. The van der Waals surface area contributed by atoms with Gasteiger partial charge < -0.3 is 5.11 Å². The van der Waals surface area contributed by atoms with E-state index in [9.17, 15) is 0 Å². The molecule has 1 N–H and O–H groups in total. The van der Waals surface area contributed by atoms with Crippen molar-refractivity contribution >= 4 is 40.5 Å². The van der Waals surface area contributed by atoms with Crippen LogP contribution in [-0.4, -0.2) is 10.2 Å². The van der Waals surface area contributed by atoms with Crippen molar-refractivity contribution in [2.45, 2.75) is 12.8 Å². The molecule has 0 bridgehead atoms. The third-order valence-electron chi connectivity index (χ3n) is 1.61. The number of halogens is 2. The van der Waals surface area contributed by atoms with Gasteiger partial charge in [-0.05, 0) is 36.3 Å². The third-order valence-corrected chi connectivity index (χ3v) is 2.55. The van der Waals surface area contributed by atoms with Crippen molar-refractivity contribution in [3.63, 3.8) is 0 Å². The quantitative estimate of drug-likeness (QED) is 0.804. The van der Waals surface area contributed by atoms with E-state index in [1.807, 2.05) is 6.07 Å². The van der Waals surface area contributed by atoms with Crippen molar-refractivity contribution in [1.29, 1.82) is 0 Å². The summed E-state index contributed by atoms with van der Waals surface area (Å²) in [6.07, 6.45) is 1.17. The molecule has 13 heavy (non-hydrogen) atoms. The Kier molecular flexibility index (Phi) is 3.97. The zero-order valence-corrected chi connectivity index (χ0v) is 9.09. The lowest BCUT2D eigenvalue weighted by molar-refractivity contribution is 0.548. The lowest BCUT2D eigenvalue weighted by Crippen LogP contribution is -1.94. The minimum absolute atomic E-state index is 0.0195. The van der Waals surface area contributed by atoms with Crippen LogP contribution in [0.25, 0.3) is 0 Å². The fraction of sp³-hybridized carbons (Fsp3) is 0.222. The molecule has 0 heterocycles. The topological polar surface area (TPSA) is 20.2 Å². The number of aryl methyl sites for hydroxylation is 1. The van der Waals surface area contributed by atoms with Gasteiger partial charge in [0.15, 0.2) is 5.05 Å². The molecule has 0 aromatic heterocycles.